The SMILES string of the molecule is CCCCCCCCCCCCCCCCC(C)C(C)(C)N.O=S(=O)(O)C(F)(F)F. The first-order chi connectivity index (χ1) is 13.7. The van der Waals surface area contributed by atoms with Crippen LogP contribution < -0.4 is 5.73 Å². The molecule has 0 rings (SSSR count). The largest absolute Gasteiger partial charge is 0.522 e. The van der Waals surface area contributed by atoms with E-state index in [1.165, 1.54) is 96.3 Å². The lowest BCUT2D eigenvalue weighted by molar-refractivity contribution is -0.0510. The van der Waals surface area contributed by atoms with Crippen LogP contribution in [0.15, 0.2) is 0 Å². The van der Waals surface area contributed by atoms with Gasteiger partial charge < -0.3 is 5.73 Å². The minimum absolute atomic E-state index is 0.00343. The zero-order chi connectivity index (χ0) is 23.7. The van der Waals surface area contributed by atoms with Gasteiger partial charge in [0.05, 0.1) is 0 Å². The molecule has 0 radical (unpaired) electrons. The summed E-state index contributed by atoms with van der Waals surface area (Å²) in [7, 11) is -5.84. The van der Waals surface area contributed by atoms with Crippen LogP contribution in [0.25, 0.3) is 0 Å². The van der Waals surface area contributed by atoms with Gasteiger partial charge in [-0.25, -0.2) is 0 Å². The lowest BCUT2D eigenvalue weighted by Crippen LogP contribution is -2.39. The smallest absolute Gasteiger partial charge is 0.325 e. The van der Waals surface area contributed by atoms with Crippen molar-refractivity contribution in [2.75, 3.05) is 0 Å². The number of hydrogen-bond donors (Lipinski definition) is 2. The van der Waals surface area contributed by atoms with Crippen LogP contribution in [0.1, 0.15) is 124 Å². The molecule has 0 bridgehead atoms. The predicted octanol–water partition coefficient (Wildman–Crippen LogP) is 7.63. The fourth-order valence-electron chi connectivity index (χ4n) is 3.02. The Morgan fingerprint density at radius 3 is 1.27 bits per heavy atom. The molecule has 0 saturated carbocycles. The van der Waals surface area contributed by atoms with E-state index in [4.69, 9.17) is 18.7 Å². The first-order valence-corrected chi connectivity index (χ1v) is 13.0. The molecule has 1 unspecified atom stereocenters. The average Bonchev–Trinajstić information content (AvgIpc) is 2.59. The Kier molecular flexibility index (Phi) is 18.3. The standard InChI is InChI=1S/C21H45N.CHF3O3S/c1-5-6-7-8-9-10-11-12-13-14-15-16-17-18-19-20(2)21(3,4)22;2-1(3,4)8(5,6)7/h20H,5-19,22H2,1-4H3;(H,5,6,7). The maximum absolute atomic E-state index is 10.7. The molecule has 3 N–H and O–H groups in total. The Morgan fingerprint density at radius 1 is 0.767 bits per heavy atom. The third kappa shape index (κ3) is 20.9. The number of hydrogen-bond acceptors (Lipinski definition) is 3. The number of rotatable bonds is 16. The van der Waals surface area contributed by atoms with E-state index >= 15 is 0 Å². The van der Waals surface area contributed by atoms with E-state index in [9.17, 15) is 13.2 Å². The summed E-state index contributed by atoms with van der Waals surface area (Å²) in [5.74, 6) is 0.643. The minimum Gasteiger partial charge on any atom is -0.325 e. The summed E-state index contributed by atoms with van der Waals surface area (Å²) in [6, 6.07) is 0. The summed E-state index contributed by atoms with van der Waals surface area (Å²) in [6.07, 6.45) is 21.4. The molecule has 0 amide bonds. The van der Waals surface area contributed by atoms with Gasteiger partial charge in [0, 0.05) is 5.54 Å². The molecule has 184 valence electrons. The first kappa shape index (κ1) is 31.8. The van der Waals surface area contributed by atoms with Crippen molar-refractivity contribution in [3.63, 3.8) is 0 Å². The zero-order valence-electron chi connectivity index (χ0n) is 19.6. The molecule has 0 aromatic rings. The van der Waals surface area contributed by atoms with E-state index in [2.05, 4.69) is 27.7 Å². The molecule has 1 atom stereocenters. The molecule has 0 aliphatic carbocycles. The Bertz CT molecular complexity index is 489. The highest BCUT2D eigenvalue weighted by molar-refractivity contribution is 7.86. The number of nitrogens with two attached hydrogens (primary N) is 1. The van der Waals surface area contributed by atoms with E-state index in [0.717, 1.165) is 0 Å². The van der Waals surface area contributed by atoms with E-state index in [-0.39, 0.29) is 5.54 Å². The molecular formula is C22H46F3NO3S. The second-order valence-electron chi connectivity index (χ2n) is 9.03. The number of unbranched alkanes of at least 4 members (excludes halogenated alkanes) is 13. The summed E-state index contributed by atoms with van der Waals surface area (Å²) in [5.41, 5.74) is 0.595. The van der Waals surface area contributed by atoms with Gasteiger partial charge in [0.1, 0.15) is 0 Å². The van der Waals surface area contributed by atoms with Crippen LogP contribution in [0.2, 0.25) is 0 Å². The lowest BCUT2D eigenvalue weighted by atomic mass is 9.86. The summed E-state index contributed by atoms with van der Waals surface area (Å²) in [6.45, 7) is 8.89. The van der Waals surface area contributed by atoms with Gasteiger partial charge in [0.15, 0.2) is 0 Å². The van der Waals surface area contributed by atoms with Crippen LogP contribution >= 0.6 is 0 Å². The van der Waals surface area contributed by atoms with Crippen molar-refractivity contribution < 1.29 is 26.1 Å². The second kappa shape index (κ2) is 17.2. The van der Waals surface area contributed by atoms with Crippen molar-refractivity contribution in [3.8, 4) is 0 Å². The van der Waals surface area contributed by atoms with Gasteiger partial charge in [0.25, 0.3) is 0 Å². The molecule has 0 saturated heterocycles. The first-order valence-electron chi connectivity index (χ1n) is 11.6. The van der Waals surface area contributed by atoms with E-state index in [0.29, 0.717) is 5.92 Å². The van der Waals surface area contributed by atoms with Gasteiger partial charge in [-0.15, -0.1) is 0 Å². The molecule has 0 aliphatic heterocycles. The van der Waals surface area contributed by atoms with Crippen LogP contribution in [-0.2, 0) is 10.1 Å². The zero-order valence-corrected chi connectivity index (χ0v) is 20.4. The van der Waals surface area contributed by atoms with Gasteiger partial charge in [-0.1, -0.05) is 104 Å². The van der Waals surface area contributed by atoms with Crippen LogP contribution in [-0.4, -0.2) is 24.0 Å². The van der Waals surface area contributed by atoms with Gasteiger partial charge in [-0.05, 0) is 26.2 Å². The van der Waals surface area contributed by atoms with Crippen molar-refractivity contribution in [1.29, 1.82) is 0 Å². The molecule has 4 nitrogen and oxygen atoms in total. The number of alkyl halides is 3. The molecule has 0 aromatic heterocycles. The molecular weight excluding hydrogens is 415 g/mol. The fraction of sp³-hybridized carbons (Fsp3) is 1.00. The van der Waals surface area contributed by atoms with Crippen molar-refractivity contribution in [2.24, 2.45) is 11.7 Å². The Balaban J connectivity index is 0. The second-order valence-corrected chi connectivity index (χ2v) is 10.4. The van der Waals surface area contributed by atoms with Crippen LogP contribution in [0.5, 0.6) is 0 Å². The van der Waals surface area contributed by atoms with Crippen LogP contribution in [0, 0.1) is 5.92 Å². The molecule has 0 heterocycles. The Hall–Kier alpha value is -0.340. The Labute approximate surface area is 183 Å². The van der Waals surface area contributed by atoms with Crippen LogP contribution in [0.3, 0.4) is 0 Å². The van der Waals surface area contributed by atoms with Gasteiger partial charge in [0.2, 0.25) is 0 Å². The quantitative estimate of drug-likeness (QED) is 0.141. The summed E-state index contributed by atoms with van der Waals surface area (Å²) in [4.78, 5) is 0. The normalized spacial score (nSPS) is 13.6. The average molecular weight is 462 g/mol. The highest BCUT2D eigenvalue weighted by atomic mass is 32.2. The van der Waals surface area contributed by atoms with Crippen molar-refractivity contribution in [2.45, 2.75) is 135 Å². The molecule has 0 spiro atoms. The summed E-state index contributed by atoms with van der Waals surface area (Å²) < 4.78 is 57.5. The van der Waals surface area contributed by atoms with E-state index < -0.39 is 15.6 Å². The van der Waals surface area contributed by atoms with Gasteiger partial charge in [-0.2, -0.15) is 21.6 Å². The van der Waals surface area contributed by atoms with Gasteiger partial charge in [-0.3, -0.25) is 4.55 Å². The molecule has 0 aliphatic rings. The maximum Gasteiger partial charge on any atom is 0.522 e. The predicted molar refractivity (Wildman–Crippen MR) is 120 cm³/mol. The van der Waals surface area contributed by atoms with Gasteiger partial charge >= 0.3 is 15.6 Å². The minimum atomic E-state index is -5.84. The highest BCUT2D eigenvalue weighted by Gasteiger charge is 2.44. The van der Waals surface area contributed by atoms with Crippen LogP contribution in [0.4, 0.5) is 13.2 Å². The molecule has 0 aromatic carbocycles. The van der Waals surface area contributed by atoms with Crippen molar-refractivity contribution in [1.82, 2.24) is 0 Å². The summed E-state index contributed by atoms with van der Waals surface area (Å²) >= 11 is 0. The van der Waals surface area contributed by atoms with E-state index in [1.807, 2.05) is 0 Å². The fourth-order valence-corrected chi connectivity index (χ4v) is 3.02. The topological polar surface area (TPSA) is 80.4 Å². The van der Waals surface area contributed by atoms with Crippen molar-refractivity contribution in [3.05, 3.63) is 0 Å². The molecule has 30 heavy (non-hydrogen) atoms. The highest BCUT2D eigenvalue weighted by Crippen LogP contribution is 2.21. The Morgan fingerprint density at radius 2 is 1.03 bits per heavy atom. The monoisotopic (exact) mass is 461 g/mol. The van der Waals surface area contributed by atoms with E-state index in [1.54, 1.807) is 0 Å². The number of halogens is 3. The molecule has 8 heteroatoms. The lowest BCUT2D eigenvalue weighted by Gasteiger charge is -2.27. The summed E-state index contributed by atoms with van der Waals surface area (Å²) in [5, 5.41) is 0. The third-order valence-electron chi connectivity index (χ3n) is 5.55. The third-order valence-corrected chi connectivity index (χ3v) is 6.14. The maximum atomic E-state index is 10.7. The molecule has 0 fully saturated rings. The van der Waals surface area contributed by atoms with Crippen molar-refractivity contribution >= 4 is 10.1 Å².